The maximum atomic E-state index is 13.0. The Bertz CT molecular complexity index is 1380. The van der Waals surface area contributed by atoms with Gasteiger partial charge in [-0.2, -0.15) is 0 Å². The number of esters is 3. The molecule has 0 heterocycles. The maximum Gasteiger partial charge on any atom is 0.306 e. The highest BCUT2D eigenvalue weighted by atomic mass is 16.6. The van der Waals surface area contributed by atoms with E-state index in [4.69, 9.17) is 14.2 Å². The molecule has 0 N–H and O–H groups in total. The van der Waals surface area contributed by atoms with Gasteiger partial charge in [0.1, 0.15) is 13.2 Å². The lowest BCUT2D eigenvalue weighted by atomic mass is 10.0. The number of hydrogen-bond donors (Lipinski definition) is 0. The molecule has 0 amide bonds. The summed E-state index contributed by atoms with van der Waals surface area (Å²) in [6, 6.07) is 0. The summed E-state index contributed by atoms with van der Waals surface area (Å²) >= 11 is 0. The summed E-state index contributed by atoms with van der Waals surface area (Å²) in [6.07, 6.45) is 90.6. The summed E-state index contributed by atoms with van der Waals surface area (Å²) in [4.78, 5) is 38.5. The Balaban J connectivity index is 4.14. The standard InChI is InChI=1S/C77H144O6/c1-4-7-10-13-16-19-22-25-28-30-32-33-34-35-36-37-38-39-40-41-42-43-44-45-47-49-52-55-58-61-64-67-70-76(79)82-73-74(72-81-75(78)69-66-63-60-57-54-51-48-27-24-21-18-15-12-9-6-3)83-77(80)71-68-65-62-59-56-53-50-46-31-29-26-23-20-17-14-11-8-5-2/h9,12,18,21,27,48,74H,4-8,10-11,13-17,19-20,22-26,28-47,49-73H2,1-3H3/b12-9-,21-18-,48-27-. The smallest absolute Gasteiger partial charge is 0.306 e. The number of unbranched alkanes of at least 4 members (excludes halogenated alkanes) is 53. The number of ether oxygens (including phenoxy) is 3. The zero-order valence-electron chi connectivity index (χ0n) is 56.2. The van der Waals surface area contributed by atoms with Gasteiger partial charge in [-0.05, 0) is 51.4 Å². The van der Waals surface area contributed by atoms with Crippen LogP contribution in [0, 0.1) is 0 Å². The van der Waals surface area contributed by atoms with E-state index < -0.39 is 6.10 Å². The lowest BCUT2D eigenvalue weighted by Crippen LogP contribution is -2.30. The van der Waals surface area contributed by atoms with Crippen molar-refractivity contribution in [1.29, 1.82) is 0 Å². The van der Waals surface area contributed by atoms with Gasteiger partial charge in [0.05, 0.1) is 0 Å². The zero-order valence-corrected chi connectivity index (χ0v) is 56.2. The molecule has 0 aliphatic rings. The SMILES string of the molecule is CC/C=C\C/C=C\C/C=C\CCCCCCCC(=O)OCC(COC(=O)CCCCCCCCCCCCCCCCCCCCCCCCCCCCCCCCCC)OC(=O)CCCCCCCCCCCCCCCCCCCC. The van der Waals surface area contributed by atoms with Crippen LogP contribution in [0.3, 0.4) is 0 Å². The Labute approximate surface area is 518 Å². The van der Waals surface area contributed by atoms with Crippen molar-refractivity contribution in [2.24, 2.45) is 0 Å². The quantitative estimate of drug-likeness (QED) is 0.0261. The molecule has 0 spiro atoms. The van der Waals surface area contributed by atoms with Crippen molar-refractivity contribution in [3.05, 3.63) is 36.5 Å². The number of hydrogen-bond acceptors (Lipinski definition) is 6. The van der Waals surface area contributed by atoms with Crippen molar-refractivity contribution in [3.63, 3.8) is 0 Å². The van der Waals surface area contributed by atoms with E-state index in [0.717, 1.165) is 96.3 Å². The molecule has 0 rings (SSSR count). The lowest BCUT2D eigenvalue weighted by molar-refractivity contribution is -0.167. The first-order chi connectivity index (χ1) is 41.0. The van der Waals surface area contributed by atoms with E-state index in [1.54, 1.807) is 0 Å². The van der Waals surface area contributed by atoms with Gasteiger partial charge in [-0.25, -0.2) is 0 Å². The minimum Gasteiger partial charge on any atom is -0.462 e. The Morgan fingerprint density at radius 2 is 0.470 bits per heavy atom. The highest BCUT2D eigenvalue weighted by Gasteiger charge is 2.20. The number of carbonyl (C=O) groups is 3. The molecule has 1 atom stereocenters. The molecule has 0 fully saturated rings. The van der Waals surface area contributed by atoms with Gasteiger partial charge >= 0.3 is 17.9 Å². The summed E-state index contributed by atoms with van der Waals surface area (Å²) < 4.78 is 17.0. The van der Waals surface area contributed by atoms with Crippen LogP contribution in [0.1, 0.15) is 419 Å². The fraction of sp³-hybridized carbons (Fsp3) is 0.883. The average Bonchev–Trinajstić information content (AvgIpc) is 3.49. The molecule has 488 valence electrons. The molecular formula is C77H144O6. The molecule has 0 aromatic heterocycles. The molecule has 0 saturated carbocycles. The van der Waals surface area contributed by atoms with Crippen LogP contribution in [0.4, 0.5) is 0 Å². The summed E-state index contributed by atoms with van der Waals surface area (Å²) in [6.45, 7) is 6.60. The van der Waals surface area contributed by atoms with Gasteiger partial charge in [0, 0.05) is 19.3 Å². The molecule has 0 radical (unpaired) electrons. The second-order valence-electron chi connectivity index (χ2n) is 25.5. The van der Waals surface area contributed by atoms with Gasteiger partial charge in [-0.3, -0.25) is 14.4 Å². The molecule has 0 aliphatic heterocycles. The van der Waals surface area contributed by atoms with Crippen LogP contribution in [0.25, 0.3) is 0 Å². The minimum absolute atomic E-state index is 0.0718. The van der Waals surface area contributed by atoms with E-state index in [9.17, 15) is 14.4 Å². The van der Waals surface area contributed by atoms with Crippen molar-refractivity contribution in [3.8, 4) is 0 Å². The van der Waals surface area contributed by atoms with Crippen molar-refractivity contribution in [1.82, 2.24) is 0 Å². The molecule has 0 bridgehead atoms. The maximum absolute atomic E-state index is 13.0. The minimum atomic E-state index is -0.777. The molecule has 0 saturated heterocycles. The van der Waals surface area contributed by atoms with Gasteiger partial charge in [0.25, 0.3) is 0 Å². The first-order valence-corrected chi connectivity index (χ1v) is 37.5. The van der Waals surface area contributed by atoms with E-state index >= 15 is 0 Å². The topological polar surface area (TPSA) is 78.9 Å². The van der Waals surface area contributed by atoms with E-state index in [1.807, 2.05) is 0 Å². The lowest BCUT2D eigenvalue weighted by Gasteiger charge is -2.18. The zero-order chi connectivity index (χ0) is 59.9. The third-order valence-electron chi connectivity index (χ3n) is 17.2. The van der Waals surface area contributed by atoms with Crippen molar-refractivity contribution in [2.45, 2.75) is 425 Å². The monoisotopic (exact) mass is 1170 g/mol. The van der Waals surface area contributed by atoms with Crippen molar-refractivity contribution in [2.75, 3.05) is 13.2 Å². The number of allylic oxidation sites excluding steroid dienone is 6. The van der Waals surface area contributed by atoms with Crippen LogP contribution in [0.15, 0.2) is 36.5 Å². The summed E-state index contributed by atoms with van der Waals surface area (Å²) in [7, 11) is 0. The number of rotatable bonds is 70. The van der Waals surface area contributed by atoms with E-state index in [2.05, 4.69) is 57.2 Å². The van der Waals surface area contributed by atoms with Gasteiger partial charge in [-0.1, -0.05) is 385 Å². The molecule has 0 aromatic carbocycles. The Hall–Kier alpha value is -2.37. The third-order valence-corrected chi connectivity index (χ3v) is 17.2. The Kier molecular flexibility index (Phi) is 70.0. The second kappa shape index (κ2) is 72.1. The van der Waals surface area contributed by atoms with E-state index in [1.165, 1.54) is 283 Å². The first-order valence-electron chi connectivity index (χ1n) is 37.5. The largest absolute Gasteiger partial charge is 0.462 e. The van der Waals surface area contributed by atoms with Crippen LogP contribution in [0.5, 0.6) is 0 Å². The fourth-order valence-corrected chi connectivity index (χ4v) is 11.6. The summed E-state index contributed by atoms with van der Waals surface area (Å²) in [5.74, 6) is -0.858. The van der Waals surface area contributed by atoms with Crippen LogP contribution >= 0.6 is 0 Å². The van der Waals surface area contributed by atoms with Crippen LogP contribution < -0.4 is 0 Å². The average molecular weight is 1170 g/mol. The predicted molar refractivity (Wildman–Crippen MR) is 362 cm³/mol. The highest BCUT2D eigenvalue weighted by molar-refractivity contribution is 5.71. The third kappa shape index (κ3) is 70.3. The van der Waals surface area contributed by atoms with Gasteiger partial charge in [0.15, 0.2) is 6.10 Å². The van der Waals surface area contributed by atoms with Crippen LogP contribution in [-0.2, 0) is 28.6 Å². The fourth-order valence-electron chi connectivity index (χ4n) is 11.6. The molecule has 6 nitrogen and oxygen atoms in total. The predicted octanol–water partition coefficient (Wildman–Crippen LogP) is 25.9. The molecule has 0 aliphatic carbocycles. The first kappa shape index (κ1) is 80.6. The molecule has 6 heteroatoms. The van der Waals surface area contributed by atoms with Gasteiger partial charge < -0.3 is 14.2 Å². The van der Waals surface area contributed by atoms with Crippen LogP contribution in [-0.4, -0.2) is 37.2 Å². The van der Waals surface area contributed by atoms with Gasteiger partial charge in [-0.15, -0.1) is 0 Å². The van der Waals surface area contributed by atoms with Crippen LogP contribution in [0.2, 0.25) is 0 Å². The molecular weight excluding hydrogens is 1020 g/mol. The van der Waals surface area contributed by atoms with E-state index in [-0.39, 0.29) is 31.1 Å². The summed E-state index contributed by atoms with van der Waals surface area (Å²) in [5, 5.41) is 0. The van der Waals surface area contributed by atoms with Gasteiger partial charge in [0.2, 0.25) is 0 Å². The van der Waals surface area contributed by atoms with Crippen molar-refractivity contribution < 1.29 is 28.6 Å². The highest BCUT2D eigenvalue weighted by Crippen LogP contribution is 2.20. The summed E-state index contributed by atoms with van der Waals surface area (Å²) in [5.41, 5.74) is 0. The molecule has 1 unspecified atom stereocenters. The Morgan fingerprint density at radius 3 is 0.735 bits per heavy atom. The van der Waals surface area contributed by atoms with E-state index in [0.29, 0.717) is 19.3 Å². The van der Waals surface area contributed by atoms with Crippen molar-refractivity contribution >= 4 is 17.9 Å². The number of carbonyl (C=O) groups excluding carboxylic acids is 3. The second-order valence-corrected chi connectivity index (χ2v) is 25.5. The normalized spacial score (nSPS) is 12.2. The molecule has 0 aromatic rings. The molecule has 83 heavy (non-hydrogen) atoms. The Morgan fingerprint density at radius 1 is 0.253 bits per heavy atom.